The number of carbonyl (C=O) groups is 2. The van der Waals surface area contributed by atoms with Crippen molar-refractivity contribution in [2.45, 2.75) is 20.3 Å². The number of rotatable bonds is 5. The van der Waals surface area contributed by atoms with E-state index in [0.29, 0.717) is 17.8 Å². The predicted molar refractivity (Wildman–Crippen MR) is 109 cm³/mol. The van der Waals surface area contributed by atoms with E-state index in [-0.39, 0.29) is 11.5 Å². The van der Waals surface area contributed by atoms with E-state index in [4.69, 9.17) is 4.42 Å². The number of nitrogens with one attached hydrogen (secondary N) is 2. The van der Waals surface area contributed by atoms with Crippen LogP contribution in [-0.2, 0) is 16.0 Å². The van der Waals surface area contributed by atoms with Gasteiger partial charge in [0.2, 0.25) is 5.91 Å². The maximum Gasteiger partial charge on any atom is 0.266 e. The van der Waals surface area contributed by atoms with Crippen LogP contribution in [0.1, 0.15) is 25.2 Å². The summed E-state index contributed by atoms with van der Waals surface area (Å²) in [6.07, 6.45) is 2.21. The molecule has 1 aromatic heterocycles. The van der Waals surface area contributed by atoms with E-state index in [1.54, 1.807) is 30.3 Å². The van der Waals surface area contributed by atoms with Crippen LogP contribution < -0.4 is 10.6 Å². The van der Waals surface area contributed by atoms with Crippen molar-refractivity contribution >= 4 is 40.2 Å². The number of benzene rings is 2. The van der Waals surface area contributed by atoms with Gasteiger partial charge in [0.05, 0.1) is 0 Å². The number of hydrogen-bond donors (Lipinski definition) is 2. The van der Waals surface area contributed by atoms with Crippen LogP contribution in [0, 0.1) is 11.3 Å². The van der Waals surface area contributed by atoms with Gasteiger partial charge in [-0.1, -0.05) is 25.1 Å². The number of nitrogens with zero attached hydrogens (tertiary/aromatic N) is 1. The fourth-order valence-electron chi connectivity index (χ4n) is 2.87. The lowest BCUT2D eigenvalue weighted by Gasteiger charge is -2.06. The molecule has 0 aliphatic carbocycles. The minimum absolute atomic E-state index is 0.0211. The molecule has 3 aromatic rings. The highest BCUT2D eigenvalue weighted by molar-refractivity contribution is 6.11. The van der Waals surface area contributed by atoms with Gasteiger partial charge in [-0.15, -0.1) is 0 Å². The second-order valence-corrected chi connectivity index (χ2v) is 6.17. The normalized spacial score (nSPS) is 11.1. The Balaban J connectivity index is 1.86. The smallest absolute Gasteiger partial charge is 0.266 e. The topological polar surface area (TPSA) is 95.1 Å². The first-order valence-electron chi connectivity index (χ1n) is 8.83. The van der Waals surface area contributed by atoms with E-state index in [1.807, 2.05) is 37.3 Å². The van der Waals surface area contributed by atoms with Crippen LogP contribution in [0.4, 0.5) is 11.4 Å². The molecule has 3 rings (SSSR count). The van der Waals surface area contributed by atoms with Crippen molar-refractivity contribution in [2.24, 2.45) is 0 Å². The predicted octanol–water partition coefficient (Wildman–Crippen LogP) is 4.50. The Morgan fingerprint density at radius 2 is 1.71 bits per heavy atom. The van der Waals surface area contributed by atoms with Crippen molar-refractivity contribution in [3.63, 3.8) is 0 Å². The minimum atomic E-state index is -0.512. The van der Waals surface area contributed by atoms with E-state index >= 15 is 0 Å². The molecule has 0 atom stereocenters. The van der Waals surface area contributed by atoms with Gasteiger partial charge in [-0.3, -0.25) is 9.59 Å². The average Bonchev–Trinajstić information content (AvgIpc) is 3.04. The lowest BCUT2D eigenvalue weighted by atomic mass is 10.1. The standard InChI is InChI=1S/C22H19N3O3/c1-3-20-19(18-6-4-5-7-21(18)28-20)12-15(13-23)22(27)25-17-10-8-16(9-11-17)24-14(2)26/h4-12H,3H2,1-2H3,(H,24,26)(H,25,27)/b15-12+. The maximum absolute atomic E-state index is 12.6. The number of hydrogen-bond acceptors (Lipinski definition) is 4. The average molecular weight is 373 g/mol. The van der Waals surface area contributed by atoms with E-state index in [9.17, 15) is 14.9 Å². The molecule has 0 unspecified atom stereocenters. The van der Waals surface area contributed by atoms with Crippen molar-refractivity contribution in [1.29, 1.82) is 5.26 Å². The summed E-state index contributed by atoms with van der Waals surface area (Å²) in [4.78, 5) is 23.6. The number of fused-ring (bicyclic) bond motifs is 1. The van der Waals surface area contributed by atoms with Gasteiger partial charge in [-0.25, -0.2) is 0 Å². The van der Waals surface area contributed by atoms with Crippen LogP contribution >= 0.6 is 0 Å². The number of amides is 2. The Hall–Kier alpha value is -3.85. The number of para-hydroxylation sites is 1. The molecule has 0 saturated carbocycles. The summed E-state index contributed by atoms with van der Waals surface area (Å²) in [5.74, 6) is 0.0362. The molecule has 2 amide bonds. The quantitative estimate of drug-likeness (QED) is 0.508. The summed E-state index contributed by atoms with van der Waals surface area (Å²) in [6.45, 7) is 3.38. The number of furan rings is 1. The fraction of sp³-hybridized carbons (Fsp3) is 0.136. The molecular formula is C22H19N3O3. The molecule has 0 aliphatic rings. The Bertz CT molecular complexity index is 1100. The summed E-state index contributed by atoms with van der Waals surface area (Å²) in [6, 6.07) is 16.1. The third-order valence-corrected chi connectivity index (χ3v) is 4.15. The lowest BCUT2D eigenvalue weighted by molar-refractivity contribution is -0.114. The van der Waals surface area contributed by atoms with Crippen LogP contribution in [0.5, 0.6) is 0 Å². The largest absolute Gasteiger partial charge is 0.460 e. The molecule has 0 spiro atoms. The molecule has 1 heterocycles. The second-order valence-electron chi connectivity index (χ2n) is 6.17. The first-order chi connectivity index (χ1) is 13.5. The SMILES string of the molecule is CCc1oc2ccccc2c1/C=C(\C#N)C(=O)Nc1ccc(NC(C)=O)cc1. The summed E-state index contributed by atoms with van der Waals surface area (Å²) in [5.41, 5.74) is 2.59. The van der Waals surface area contributed by atoms with Crippen LogP contribution in [0.15, 0.2) is 58.5 Å². The van der Waals surface area contributed by atoms with Gasteiger partial charge in [-0.05, 0) is 36.4 Å². The molecule has 6 heteroatoms. The molecule has 0 aliphatic heterocycles. The van der Waals surface area contributed by atoms with Crippen molar-refractivity contribution < 1.29 is 14.0 Å². The van der Waals surface area contributed by atoms with Gasteiger partial charge < -0.3 is 15.1 Å². The molecule has 6 nitrogen and oxygen atoms in total. The van der Waals surface area contributed by atoms with Crippen LogP contribution in [0.2, 0.25) is 0 Å². The van der Waals surface area contributed by atoms with Crippen molar-refractivity contribution in [3.8, 4) is 6.07 Å². The molecule has 2 aromatic carbocycles. The zero-order valence-corrected chi connectivity index (χ0v) is 15.6. The zero-order chi connectivity index (χ0) is 20.1. The Kier molecular flexibility index (Phi) is 5.56. The molecular weight excluding hydrogens is 354 g/mol. The number of carbonyl (C=O) groups excluding carboxylic acids is 2. The number of anilines is 2. The number of nitriles is 1. The minimum Gasteiger partial charge on any atom is -0.460 e. The van der Waals surface area contributed by atoms with Crippen LogP contribution in [0.3, 0.4) is 0 Å². The van der Waals surface area contributed by atoms with Gasteiger partial charge in [0, 0.05) is 35.7 Å². The van der Waals surface area contributed by atoms with E-state index in [1.165, 1.54) is 6.92 Å². The summed E-state index contributed by atoms with van der Waals surface area (Å²) in [5, 5.41) is 15.7. The van der Waals surface area contributed by atoms with E-state index in [2.05, 4.69) is 10.6 Å². The summed E-state index contributed by atoms with van der Waals surface area (Å²) < 4.78 is 5.82. The molecule has 0 radical (unpaired) electrons. The molecule has 28 heavy (non-hydrogen) atoms. The van der Waals surface area contributed by atoms with Gasteiger partial charge in [0.25, 0.3) is 5.91 Å². The fourth-order valence-corrected chi connectivity index (χ4v) is 2.87. The third-order valence-electron chi connectivity index (χ3n) is 4.15. The Morgan fingerprint density at radius 3 is 2.32 bits per heavy atom. The number of aryl methyl sites for hydroxylation is 1. The molecule has 0 fully saturated rings. The first kappa shape index (κ1) is 18.9. The lowest BCUT2D eigenvalue weighted by Crippen LogP contribution is -2.13. The first-order valence-corrected chi connectivity index (χ1v) is 8.83. The van der Waals surface area contributed by atoms with Gasteiger partial charge in [-0.2, -0.15) is 5.26 Å². The summed E-state index contributed by atoms with van der Waals surface area (Å²) >= 11 is 0. The van der Waals surface area contributed by atoms with Crippen molar-refractivity contribution in [2.75, 3.05) is 10.6 Å². The zero-order valence-electron chi connectivity index (χ0n) is 15.6. The van der Waals surface area contributed by atoms with Gasteiger partial charge in [0.1, 0.15) is 23.0 Å². The molecule has 0 saturated heterocycles. The molecule has 2 N–H and O–H groups in total. The molecule has 140 valence electrons. The Morgan fingerprint density at radius 1 is 1.07 bits per heavy atom. The van der Waals surface area contributed by atoms with Crippen LogP contribution in [0.25, 0.3) is 17.0 Å². The second kappa shape index (κ2) is 8.23. The molecule has 0 bridgehead atoms. The van der Waals surface area contributed by atoms with Gasteiger partial charge in [0.15, 0.2) is 0 Å². The van der Waals surface area contributed by atoms with Crippen LogP contribution in [-0.4, -0.2) is 11.8 Å². The summed E-state index contributed by atoms with van der Waals surface area (Å²) in [7, 11) is 0. The van der Waals surface area contributed by atoms with Gasteiger partial charge >= 0.3 is 0 Å². The van der Waals surface area contributed by atoms with Crippen molar-refractivity contribution in [1.82, 2.24) is 0 Å². The highest BCUT2D eigenvalue weighted by Gasteiger charge is 2.15. The van der Waals surface area contributed by atoms with Crippen molar-refractivity contribution in [3.05, 3.63) is 65.4 Å². The third kappa shape index (κ3) is 4.10. The van der Waals surface area contributed by atoms with E-state index < -0.39 is 5.91 Å². The van der Waals surface area contributed by atoms with E-state index in [0.717, 1.165) is 22.3 Å². The maximum atomic E-state index is 12.6. The monoisotopic (exact) mass is 373 g/mol. The Labute approximate surface area is 162 Å². The highest BCUT2D eigenvalue weighted by atomic mass is 16.3. The highest BCUT2D eigenvalue weighted by Crippen LogP contribution is 2.28.